The molecule has 5 nitrogen and oxygen atoms in total. The molecule has 1 aromatic carbocycles. The summed E-state index contributed by atoms with van der Waals surface area (Å²) < 4.78 is 5.01. The number of rotatable bonds is 7. The third-order valence-electron chi connectivity index (χ3n) is 1.93. The molecule has 2 N–H and O–H groups in total. The van der Waals surface area contributed by atoms with Gasteiger partial charge in [0.15, 0.2) is 0 Å². The maximum absolute atomic E-state index is 11.3. The first-order valence-electron chi connectivity index (χ1n) is 5.66. The van der Waals surface area contributed by atoms with Crippen LogP contribution >= 0.6 is 0 Å². The summed E-state index contributed by atoms with van der Waals surface area (Å²) in [4.78, 5) is 16.3. The maximum atomic E-state index is 11.3. The molecule has 98 valence electrons. The Balaban J connectivity index is 2.06. The second-order valence-electron chi connectivity index (χ2n) is 3.72. The molecule has 0 aliphatic heterocycles. The Hall–Kier alpha value is -2.01. The van der Waals surface area contributed by atoms with E-state index >= 15 is 0 Å². The van der Waals surface area contributed by atoms with Crippen LogP contribution in [-0.2, 0) is 16.2 Å². The van der Waals surface area contributed by atoms with Crippen molar-refractivity contribution in [2.75, 3.05) is 13.2 Å². The quantitative estimate of drug-likeness (QED) is 0.573. The van der Waals surface area contributed by atoms with E-state index in [2.05, 4.69) is 17.4 Å². The number of alkyl carbamates (subject to hydrolysis) is 1. The van der Waals surface area contributed by atoms with Gasteiger partial charge in [-0.3, -0.25) is 10.3 Å². The van der Waals surface area contributed by atoms with Crippen LogP contribution < -0.4 is 10.8 Å². The first-order valence-corrected chi connectivity index (χ1v) is 5.66. The molecule has 5 heteroatoms. The average Bonchev–Trinajstić information content (AvgIpc) is 2.37. The fourth-order valence-corrected chi connectivity index (χ4v) is 1.15. The minimum atomic E-state index is -0.460. The van der Waals surface area contributed by atoms with Crippen LogP contribution in [0, 0.1) is 0 Å². The molecule has 0 unspecified atom stereocenters. The van der Waals surface area contributed by atoms with Gasteiger partial charge in [-0.25, -0.2) is 4.79 Å². The second kappa shape index (κ2) is 8.14. The van der Waals surface area contributed by atoms with Gasteiger partial charge in [0.05, 0.1) is 6.61 Å². The molecule has 0 aliphatic carbocycles. The third kappa shape index (κ3) is 6.55. The van der Waals surface area contributed by atoms with Crippen LogP contribution in [0.25, 0.3) is 0 Å². The summed E-state index contributed by atoms with van der Waals surface area (Å²) in [5.74, 6) is 0. The number of benzene rings is 1. The molecule has 0 spiro atoms. The number of hydroxylamine groups is 1. The Morgan fingerprint density at radius 3 is 2.72 bits per heavy atom. The third-order valence-corrected chi connectivity index (χ3v) is 1.93. The van der Waals surface area contributed by atoms with Crippen molar-refractivity contribution in [2.24, 2.45) is 0 Å². The number of hydrogen-bond acceptors (Lipinski definition) is 4. The van der Waals surface area contributed by atoms with Crippen LogP contribution in [0.1, 0.15) is 12.5 Å². The van der Waals surface area contributed by atoms with Crippen LogP contribution in [0.2, 0.25) is 0 Å². The number of allylic oxidation sites excluding steroid dienone is 1. The lowest BCUT2D eigenvalue weighted by molar-refractivity contribution is 0.0632. The van der Waals surface area contributed by atoms with Gasteiger partial charge in [-0.15, -0.1) is 0 Å². The van der Waals surface area contributed by atoms with Crippen molar-refractivity contribution in [2.45, 2.75) is 13.5 Å². The molecule has 0 radical (unpaired) electrons. The van der Waals surface area contributed by atoms with E-state index in [-0.39, 0.29) is 6.61 Å². The predicted molar refractivity (Wildman–Crippen MR) is 68.5 cm³/mol. The highest BCUT2D eigenvalue weighted by atomic mass is 16.6. The van der Waals surface area contributed by atoms with E-state index in [1.54, 1.807) is 6.92 Å². The number of carbonyl (C=O) groups excluding carboxylic acids is 1. The zero-order valence-corrected chi connectivity index (χ0v) is 10.4. The van der Waals surface area contributed by atoms with Gasteiger partial charge in [0.2, 0.25) is 0 Å². The number of amides is 1. The van der Waals surface area contributed by atoms with Gasteiger partial charge < -0.3 is 10.1 Å². The van der Waals surface area contributed by atoms with Gasteiger partial charge in [-0.1, -0.05) is 36.9 Å². The Kier molecular flexibility index (Phi) is 6.35. The predicted octanol–water partition coefficient (Wildman–Crippen LogP) is 1.97. The minimum absolute atomic E-state index is 0.261. The highest BCUT2D eigenvalue weighted by Gasteiger charge is 2.01. The lowest BCUT2D eigenvalue weighted by Gasteiger charge is -2.08. The van der Waals surface area contributed by atoms with E-state index in [1.165, 1.54) is 0 Å². The van der Waals surface area contributed by atoms with E-state index in [4.69, 9.17) is 9.57 Å². The molecule has 0 atom stereocenters. The van der Waals surface area contributed by atoms with Crippen molar-refractivity contribution in [3.05, 3.63) is 48.2 Å². The van der Waals surface area contributed by atoms with Gasteiger partial charge in [0, 0.05) is 12.2 Å². The molecule has 1 aromatic rings. The number of nitrogens with one attached hydrogen (secondary N) is 2. The lowest BCUT2D eigenvalue weighted by atomic mass is 10.2. The van der Waals surface area contributed by atoms with Crippen LogP contribution in [0.5, 0.6) is 0 Å². The van der Waals surface area contributed by atoms with Crippen molar-refractivity contribution in [3.63, 3.8) is 0 Å². The molecule has 0 aromatic heterocycles. The molecule has 1 rings (SSSR count). The minimum Gasteiger partial charge on any atom is -0.445 e. The van der Waals surface area contributed by atoms with E-state index in [9.17, 15) is 4.79 Å². The molecule has 0 saturated heterocycles. The fourth-order valence-electron chi connectivity index (χ4n) is 1.15. The highest BCUT2D eigenvalue weighted by molar-refractivity contribution is 5.67. The van der Waals surface area contributed by atoms with Crippen molar-refractivity contribution in [1.82, 2.24) is 10.8 Å². The SMILES string of the molecule is C=C(C)NOCCNC(=O)OCc1ccccc1. The number of carbonyl (C=O) groups is 1. The van der Waals surface area contributed by atoms with E-state index in [0.29, 0.717) is 18.8 Å². The standard InChI is InChI=1S/C13H18N2O3/c1-11(2)15-18-9-8-14-13(16)17-10-12-6-4-3-5-7-12/h3-7,15H,1,8-10H2,2H3,(H,14,16). The largest absolute Gasteiger partial charge is 0.445 e. The molecular weight excluding hydrogens is 232 g/mol. The van der Waals surface area contributed by atoms with Gasteiger partial charge in [-0.2, -0.15) is 0 Å². The van der Waals surface area contributed by atoms with Gasteiger partial charge >= 0.3 is 6.09 Å². The van der Waals surface area contributed by atoms with Crippen LogP contribution in [0.3, 0.4) is 0 Å². The van der Waals surface area contributed by atoms with Crippen LogP contribution in [0.15, 0.2) is 42.6 Å². The van der Waals surface area contributed by atoms with Crippen molar-refractivity contribution in [3.8, 4) is 0 Å². The van der Waals surface area contributed by atoms with E-state index in [1.807, 2.05) is 30.3 Å². The Morgan fingerprint density at radius 1 is 1.33 bits per heavy atom. The average molecular weight is 250 g/mol. The van der Waals surface area contributed by atoms with Crippen molar-refractivity contribution in [1.29, 1.82) is 0 Å². The summed E-state index contributed by atoms with van der Waals surface area (Å²) in [5.41, 5.74) is 4.25. The molecule has 0 aliphatic rings. The first-order chi connectivity index (χ1) is 8.68. The summed E-state index contributed by atoms with van der Waals surface area (Å²) in [7, 11) is 0. The zero-order valence-electron chi connectivity index (χ0n) is 10.4. The fraction of sp³-hybridized carbons (Fsp3) is 0.308. The van der Waals surface area contributed by atoms with Crippen molar-refractivity contribution >= 4 is 6.09 Å². The van der Waals surface area contributed by atoms with Crippen LogP contribution in [-0.4, -0.2) is 19.2 Å². The van der Waals surface area contributed by atoms with E-state index in [0.717, 1.165) is 5.56 Å². The molecule has 1 amide bonds. The lowest BCUT2D eigenvalue weighted by Crippen LogP contribution is -2.29. The summed E-state index contributed by atoms with van der Waals surface area (Å²) in [6, 6.07) is 9.50. The van der Waals surface area contributed by atoms with Gasteiger partial charge in [-0.05, 0) is 12.5 Å². The Labute approximate surface area is 107 Å². The molecule has 0 fully saturated rings. The van der Waals surface area contributed by atoms with Crippen LogP contribution in [0.4, 0.5) is 4.79 Å². The van der Waals surface area contributed by atoms with Gasteiger partial charge in [0.1, 0.15) is 6.61 Å². The first kappa shape index (κ1) is 14.1. The number of hydrogen-bond donors (Lipinski definition) is 2. The topological polar surface area (TPSA) is 59.6 Å². The molecule has 0 heterocycles. The summed E-state index contributed by atoms with van der Waals surface area (Å²) in [5, 5.41) is 2.57. The zero-order chi connectivity index (χ0) is 13.2. The summed E-state index contributed by atoms with van der Waals surface area (Å²) >= 11 is 0. The Morgan fingerprint density at radius 2 is 2.06 bits per heavy atom. The summed E-state index contributed by atoms with van der Waals surface area (Å²) in [6.45, 7) is 6.35. The van der Waals surface area contributed by atoms with Crippen molar-refractivity contribution < 1.29 is 14.4 Å². The number of ether oxygens (including phenoxy) is 1. The smallest absolute Gasteiger partial charge is 0.407 e. The Bertz CT molecular complexity index is 379. The molecule has 0 bridgehead atoms. The maximum Gasteiger partial charge on any atom is 0.407 e. The molecule has 18 heavy (non-hydrogen) atoms. The monoisotopic (exact) mass is 250 g/mol. The molecule has 0 saturated carbocycles. The van der Waals surface area contributed by atoms with Gasteiger partial charge in [0.25, 0.3) is 0 Å². The second-order valence-corrected chi connectivity index (χ2v) is 3.72. The normalized spacial score (nSPS) is 9.61. The summed E-state index contributed by atoms with van der Waals surface area (Å²) in [6.07, 6.45) is -0.460. The highest BCUT2D eigenvalue weighted by Crippen LogP contribution is 2.00. The van der Waals surface area contributed by atoms with E-state index < -0.39 is 6.09 Å². The molecular formula is C13H18N2O3.